The fourth-order valence-corrected chi connectivity index (χ4v) is 3.69. The predicted octanol–water partition coefficient (Wildman–Crippen LogP) is 7.77. The molecule has 0 radical (unpaired) electrons. The number of allylic oxidation sites excluding steroid dienone is 1. The van der Waals surface area contributed by atoms with Gasteiger partial charge in [-0.05, 0) is 42.7 Å². The highest BCUT2D eigenvalue weighted by Crippen LogP contribution is 2.35. The quantitative estimate of drug-likeness (QED) is 0.206. The second-order valence-corrected chi connectivity index (χ2v) is 7.58. The van der Waals surface area contributed by atoms with E-state index in [1.165, 1.54) is 24.3 Å². The maximum atomic E-state index is 15.0. The lowest BCUT2D eigenvalue weighted by Crippen LogP contribution is -2.00. The Morgan fingerprint density at radius 3 is 1.94 bits per heavy atom. The van der Waals surface area contributed by atoms with Crippen LogP contribution in [-0.2, 0) is 6.42 Å². The molecular formula is C28H21F4NO. The number of hydrogen-bond acceptors (Lipinski definition) is 2. The lowest BCUT2D eigenvalue weighted by atomic mass is 9.97. The summed E-state index contributed by atoms with van der Waals surface area (Å²) < 4.78 is 63.7. The van der Waals surface area contributed by atoms with Crippen LogP contribution in [0.1, 0.15) is 12.5 Å². The smallest absolute Gasteiger partial charge is 0.201 e. The lowest BCUT2D eigenvalue weighted by Gasteiger charge is -2.12. The molecule has 1 aromatic heterocycles. The second kappa shape index (κ2) is 9.91. The van der Waals surface area contributed by atoms with E-state index in [9.17, 15) is 17.6 Å². The van der Waals surface area contributed by atoms with E-state index in [2.05, 4.69) is 11.6 Å². The number of ether oxygens (including phenoxy) is 1. The molecule has 3 aromatic carbocycles. The van der Waals surface area contributed by atoms with Crippen LogP contribution in [0.5, 0.6) is 5.75 Å². The first-order valence-corrected chi connectivity index (χ1v) is 10.7. The second-order valence-electron chi connectivity index (χ2n) is 7.58. The number of aromatic nitrogens is 1. The van der Waals surface area contributed by atoms with Crippen LogP contribution in [-0.4, -0.2) is 11.6 Å². The van der Waals surface area contributed by atoms with Crippen LogP contribution in [0, 0.1) is 23.3 Å². The van der Waals surface area contributed by atoms with Gasteiger partial charge in [0, 0.05) is 28.5 Å². The van der Waals surface area contributed by atoms with Gasteiger partial charge in [-0.15, -0.1) is 6.58 Å². The molecule has 4 rings (SSSR count). The van der Waals surface area contributed by atoms with Gasteiger partial charge in [0.2, 0.25) is 5.82 Å². The maximum Gasteiger partial charge on any atom is 0.201 e. The van der Waals surface area contributed by atoms with Crippen molar-refractivity contribution in [3.8, 4) is 39.3 Å². The molecule has 0 aliphatic rings. The summed E-state index contributed by atoms with van der Waals surface area (Å²) in [6.07, 6.45) is 4.28. The van der Waals surface area contributed by atoms with E-state index in [0.717, 1.165) is 23.2 Å². The van der Waals surface area contributed by atoms with Crippen molar-refractivity contribution in [2.24, 2.45) is 0 Å². The van der Waals surface area contributed by atoms with Gasteiger partial charge in [0.25, 0.3) is 0 Å². The summed E-state index contributed by atoms with van der Waals surface area (Å²) in [5, 5.41) is 0. The van der Waals surface area contributed by atoms with Crippen molar-refractivity contribution in [3.05, 3.63) is 108 Å². The first-order valence-electron chi connectivity index (χ1n) is 10.7. The normalized spacial score (nSPS) is 10.9. The topological polar surface area (TPSA) is 22.1 Å². The molecule has 0 bridgehead atoms. The molecule has 0 spiro atoms. The summed E-state index contributed by atoms with van der Waals surface area (Å²) >= 11 is 0. The lowest BCUT2D eigenvalue weighted by molar-refractivity contribution is 0.314. The molecule has 4 aromatic rings. The Morgan fingerprint density at radius 2 is 1.32 bits per heavy atom. The Hall–Kier alpha value is -3.93. The van der Waals surface area contributed by atoms with E-state index in [4.69, 9.17) is 4.74 Å². The summed E-state index contributed by atoms with van der Waals surface area (Å²) in [5.74, 6) is -5.24. The molecule has 0 fully saturated rings. The van der Waals surface area contributed by atoms with Gasteiger partial charge in [0.15, 0.2) is 23.2 Å². The van der Waals surface area contributed by atoms with Crippen LogP contribution >= 0.6 is 0 Å². The van der Waals surface area contributed by atoms with Crippen LogP contribution in [0.2, 0.25) is 0 Å². The van der Waals surface area contributed by atoms with Crippen LogP contribution in [0.15, 0.2) is 79.5 Å². The van der Waals surface area contributed by atoms with Gasteiger partial charge in [0.1, 0.15) is 0 Å². The molecule has 0 N–H and O–H groups in total. The molecule has 172 valence electrons. The largest absolute Gasteiger partial charge is 0.491 e. The van der Waals surface area contributed by atoms with E-state index in [1.807, 2.05) is 12.1 Å². The summed E-state index contributed by atoms with van der Waals surface area (Å²) in [5.41, 5.74) is 2.29. The van der Waals surface area contributed by atoms with Gasteiger partial charge in [-0.3, -0.25) is 4.98 Å². The van der Waals surface area contributed by atoms with E-state index in [0.29, 0.717) is 5.56 Å². The maximum absolute atomic E-state index is 15.0. The van der Waals surface area contributed by atoms with Crippen LogP contribution < -0.4 is 4.74 Å². The SMILES string of the molecule is C=CCc1ccc(-c2ccc(-c3ccc(-c4ccc(OCC)c(F)c4F)c(F)c3F)cc2)nc1. The Morgan fingerprint density at radius 1 is 0.735 bits per heavy atom. The molecule has 2 nitrogen and oxygen atoms in total. The number of pyridine rings is 1. The summed E-state index contributed by atoms with van der Waals surface area (Å²) in [7, 11) is 0. The molecule has 0 aliphatic carbocycles. The van der Waals surface area contributed by atoms with Gasteiger partial charge < -0.3 is 4.74 Å². The average Bonchev–Trinajstić information content (AvgIpc) is 2.85. The molecule has 1 heterocycles. The van der Waals surface area contributed by atoms with Gasteiger partial charge in [-0.1, -0.05) is 48.5 Å². The van der Waals surface area contributed by atoms with Crippen molar-refractivity contribution in [2.75, 3.05) is 6.61 Å². The van der Waals surface area contributed by atoms with Gasteiger partial charge in [0.05, 0.1) is 12.3 Å². The Bertz CT molecular complexity index is 1330. The molecule has 0 atom stereocenters. The highest BCUT2D eigenvalue weighted by molar-refractivity contribution is 5.74. The van der Waals surface area contributed by atoms with E-state index in [-0.39, 0.29) is 29.0 Å². The zero-order valence-electron chi connectivity index (χ0n) is 18.4. The fraction of sp³-hybridized carbons (Fsp3) is 0.107. The zero-order chi connectivity index (χ0) is 24.2. The molecule has 34 heavy (non-hydrogen) atoms. The average molecular weight is 463 g/mol. The molecule has 0 saturated heterocycles. The van der Waals surface area contributed by atoms with Gasteiger partial charge in [-0.2, -0.15) is 4.39 Å². The molecule has 6 heteroatoms. The number of nitrogens with zero attached hydrogens (tertiary/aromatic N) is 1. The monoisotopic (exact) mass is 463 g/mol. The Kier molecular flexibility index (Phi) is 6.77. The number of rotatable bonds is 7. The van der Waals surface area contributed by atoms with Gasteiger partial charge in [-0.25, -0.2) is 13.2 Å². The third kappa shape index (κ3) is 4.44. The molecule has 0 aliphatic heterocycles. The summed E-state index contributed by atoms with van der Waals surface area (Å²) in [6.45, 7) is 5.47. The number of benzene rings is 3. The van der Waals surface area contributed by atoms with Crippen molar-refractivity contribution in [2.45, 2.75) is 13.3 Å². The van der Waals surface area contributed by atoms with E-state index < -0.39 is 23.3 Å². The van der Waals surface area contributed by atoms with Crippen LogP contribution in [0.4, 0.5) is 17.6 Å². The van der Waals surface area contributed by atoms with Crippen molar-refractivity contribution in [3.63, 3.8) is 0 Å². The van der Waals surface area contributed by atoms with E-state index in [1.54, 1.807) is 43.5 Å². The third-order valence-corrected chi connectivity index (χ3v) is 5.42. The summed E-state index contributed by atoms with van der Waals surface area (Å²) in [4.78, 5) is 4.42. The Labute approximate surface area is 195 Å². The zero-order valence-corrected chi connectivity index (χ0v) is 18.4. The Balaban J connectivity index is 1.65. The van der Waals surface area contributed by atoms with Crippen molar-refractivity contribution < 1.29 is 22.3 Å². The molecule has 0 amide bonds. The molecular weight excluding hydrogens is 442 g/mol. The first-order chi connectivity index (χ1) is 16.4. The van der Waals surface area contributed by atoms with E-state index >= 15 is 0 Å². The fourth-order valence-electron chi connectivity index (χ4n) is 3.69. The minimum absolute atomic E-state index is 0.00825. The first kappa shape index (κ1) is 23.2. The number of halogens is 4. The van der Waals surface area contributed by atoms with Crippen LogP contribution in [0.3, 0.4) is 0 Å². The number of hydrogen-bond donors (Lipinski definition) is 0. The minimum atomic E-state index is -1.30. The van der Waals surface area contributed by atoms with Crippen molar-refractivity contribution >= 4 is 0 Å². The minimum Gasteiger partial charge on any atom is -0.491 e. The molecule has 0 saturated carbocycles. The van der Waals surface area contributed by atoms with Crippen LogP contribution in [0.25, 0.3) is 33.5 Å². The molecule has 0 unspecified atom stereocenters. The van der Waals surface area contributed by atoms with Crippen molar-refractivity contribution in [1.29, 1.82) is 0 Å². The highest BCUT2D eigenvalue weighted by Gasteiger charge is 2.21. The standard InChI is InChI=1S/C28H21F4NO/c1-3-5-17-6-14-23(33-16-17)19-9-7-18(8-10-19)20-11-12-21(26(30)25(20)29)22-13-15-24(34-4-2)28(32)27(22)31/h3,6-16H,1,4-5H2,2H3. The van der Waals surface area contributed by atoms with Crippen molar-refractivity contribution in [1.82, 2.24) is 4.98 Å². The third-order valence-electron chi connectivity index (χ3n) is 5.42. The summed E-state index contributed by atoms with van der Waals surface area (Å²) in [6, 6.07) is 15.6. The predicted molar refractivity (Wildman–Crippen MR) is 125 cm³/mol. The highest BCUT2D eigenvalue weighted by atomic mass is 19.2. The van der Waals surface area contributed by atoms with Gasteiger partial charge >= 0.3 is 0 Å².